The van der Waals surface area contributed by atoms with E-state index in [0.717, 1.165) is 109 Å². The molecule has 0 aromatic carbocycles. The Bertz CT molecular complexity index is 2180. The van der Waals surface area contributed by atoms with Gasteiger partial charge in [0.25, 0.3) is 0 Å². The normalized spacial score (nSPS) is 28.1. The average Bonchev–Trinajstić information content (AvgIpc) is 0.792. The highest BCUT2D eigenvalue weighted by molar-refractivity contribution is 5.76. The van der Waals surface area contributed by atoms with Crippen molar-refractivity contribution < 1.29 is 89.4 Å². The second-order valence-corrected chi connectivity index (χ2v) is 25.0. The van der Waals surface area contributed by atoms with Crippen molar-refractivity contribution in [2.45, 2.75) is 317 Å². The van der Waals surface area contributed by atoms with Crippen LogP contribution in [0.4, 0.5) is 0 Å². The van der Waals surface area contributed by atoms with Gasteiger partial charge in [0, 0.05) is 6.42 Å². The molecular weight excluding hydrogens is 1200 g/mol. The van der Waals surface area contributed by atoms with Gasteiger partial charge >= 0.3 is 0 Å². The smallest absolute Gasteiger partial charge is 0.220 e. The minimum Gasteiger partial charge on any atom is -0.394 e. The number of carbonyl (C=O) groups excluding carboxylic acids is 1. The van der Waals surface area contributed by atoms with E-state index in [1.807, 2.05) is 0 Å². The number of ether oxygens (including phenoxy) is 6. The third-order valence-electron chi connectivity index (χ3n) is 17.1. The zero-order valence-corrected chi connectivity index (χ0v) is 56.9. The first-order valence-electron chi connectivity index (χ1n) is 35.8. The van der Waals surface area contributed by atoms with Crippen LogP contribution in [-0.2, 0) is 33.2 Å². The summed E-state index contributed by atoms with van der Waals surface area (Å²) in [6.45, 7) is 1.64. The van der Waals surface area contributed by atoms with Crippen molar-refractivity contribution in [2.75, 3.05) is 26.4 Å². The second kappa shape index (κ2) is 55.1. The predicted octanol–water partition coefficient (Wildman–Crippen LogP) is 9.99. The maximum Gasteiger partial charge on any atom is 0.220 e. The summed E-state index contributed by atoms with van der Waals surface area (Å²) in [6.07, 6.45) is 48.5. The molecule has 0 radical (unpaired) electrons. The van der Waals surface area contributed by atoms with Gasteiger partial charge in [-0.3, -0.25) is 4.79 Å². The molecule has 3 aliphatic rings. The van der Waals surface area contributed by atoms with Crippen molar-refractivity contribution in [3.05, 3.63) is 122 Å². The number of unbranched alkanes of at least 4 members (excludes halogenated alkanes) is 17. The molecule has 3 heterocycles. The molecule has 0 aliphatic carbocycles. The third-order valence-corrected chi connectivity index (χ3v) is 17.1. The Morgan fingerprint density at radius 1 is 0.394 bits per heavy atom. The van der Waals surface area contributed by atoms with E-state index in [1.54, 1.807) is 0 Å². The van der Waals surface area contributed by atoms with Crippen LogP contribution in [-0.4, -0.2) is 193 Å². The maximum atomic E-state index is 13.4. The van der Waals surface area contributed by atoms with Gasteiger partial charge in [-0.15, -0.1) is 0 Å². The summed E-state index contributed by atoms with van der Waals surface area (Å²) in [6, 6.07) is -0.910. The lowest BCUT2D eigenvalue weighted by molar-refractivity contribution is -0.379. The zero-order chi connectivity index (χ0) is 68.2. The number of amides is 1. The summed E-state index contributed by atoms with van der Waals surface area (Å²) < 4.78 is 34.4. The largest absolute Gasteiger partial charge is 0.394 e. The fraction of sp³-hybridized carbons (Fsp3) is 0.720. The van der Waals surface area contributed by atoms with E-state index in [1.165, 1.54) is 64.2 Å². The van der Waals surface area contributed by atoms with E-state index in [2.05, 4.69) is 141 Å². The summed E-state index contributed by atoms with van der Waals surface area (Å²) in [5, 5.41) is 121. The van der Waals surface area contributed by atoms with Crippen LogP contribution >= 0.6 is 0 Å². The van der Waals surface area contributed by atoms with E-state index in [9.17, 15) is 61.0 Å². The Labute approximate surface area is 563 Å². The highest BCUT2D eigenvalue weighted by Gasteiger charge is 2.53. The molecule has 3 aliphatic heterocycles. The van der Waals surface area contributed by atoms with Crippen LogP contribution in [0.1, 0.15) is 213 Å². The first-order chi connectivity index (χ1) is 45.8. The Hall–Kier alpha value is -3.81. The fourth-order valence-electron chi connectivity index (χ4n) is 11.3. The summed E-state index contributed by atoms with van der Waals surface area (Å²) in [5.74, 6) is -0.273. The lowest BCUT2D eigenvalue weighted by Gasteiger charge is -2.48. The summed E-state index contributed by atoms with van der Waals surface area (Å²) in [5.41, 5.74) is 0. The monoisotopic (exact) mass is 1330 g/mol. The fourth-order valence-corrected chi connectivity index (χ4v) is 11.3. The van der Waals surface area contributed by atoms with Crippen molar-refractivity contribution in [2.24, 2.45) is 0 Å². The van der Waals surface area contributed by atoms with Gasteiger partial charge in [0.2, 0.25) is 5.91 Å². The molecule has 0 bridgehead atoms. The third kappa shape index (κ3) is 36.1. The van der Waals surface area contributed by atoms with Gasteiger partial charge in [0.15, 0.2) is 18.9 Å². The first kappa shape index (κ1) is 84.4. The van der Waals surface area contributed by atoms with Gasteiger partial charge in [0.1, 0.15) is 73.2 Å². The molecule has 17 atom stereocenters. The van der Waals surface area contributed by atoms with Gasteiger partial charge in [0.05, 0.1) is 38.6 Å². The number of carbonyl (C=O) groups is 1. The minimum absolute atomic E-state index is 0.228. The summed E-state index contributed by atoms with van der Waals surface area (Å²) in [7, 11) is 0. The molecule has 0 aromatic heterocycles. The minimum atomic E-state index is -1.98. The van der Waals surface area contributed by atoms with Crippen LogP contribution in [0, 0.1) is 0 Å². The molecule has 94 heavy (non-hydrogen) atoms. The Balaban J connectivity index is 1.39. The van der Waals surface area contributed by atoms with Gasteiger partial charge in [-0.1, -0.05) is 238 Å². The molecule has 12 N–H and O–H groups in total. The lowest BCUT2D eigenvalue weighted by atomic mass is 9.96. The second-order valence-electron chi connectivity index (χ2n) is 25.0. The quantitative estimate of drug-likeness (QED) is 0.0199. The van der Waals surface area contributed by atoms with Gasteiger partial charge in [-0.2, -0.15) is 0 Å². The van der Waals surface area contributed by atoms with E-state index in [0.29, 0.717) is 19.3 Å². The zero-order valence-electron chi connectivity index (χ0n) is 56.9. The van der Waals surface area contributed by atoms with E-state index in [-0.39, 0.29) is 18.9 Å². The SMILES string of the molecule is CC/C=C\C/C=C\C/C=C\C/C=C\C/C=C\C/C=C\C/C=C\C/C=C\C/C=C\C/C=C\CCCCCCC(=O)NC(COC1OC(CO)C(OC2OC(CO)C(OC3OC(CO)C(O)C(O)C3O)C(O)C2O)C(O)C1O)C(O)CCCCCCCCCCCCCCCC. The molecule has 0 aromatic rings. The molecule has 3 saturated heterocycles. The van der Waals surface area contributed by atoms with Gasteiger partial charge in [-0.25, -0.2) is 0 Å². The Morgan fingerprint density at radius 3 is 1.15 bits per heavy atom. The standard InChI is InChI=1S/C75H125NO18/c1-3-5-7-9-11-13-15-17-19-20-21-22-23-24-25-26-27-28-29-30-31-32-33-34-35-36-37-38-39-41-43-45-47-49-51-53-63(81)76-58(59(80)52-50-48-46-44-42-40-18-16-14-12-10-8-6-4-2)57-89-73-69(87)66(84)71(61(55-78)91-73)94-75-70(88)67(85)72(62(56-79)92-75)93-74-68(86)65(83)64(82)60(54-77)90-74/h5,7,11,13,17,19,21-22,24-25,27-28,30-31,33-34,36-37,39,41,58-62,64-75,77-80,82-88H,3-4,6,8-10,12,14-16,18,20,23,26,29,32,35,38,40,42-57H2,1-2H3,(H,76,81)/b7-5-,13-11-,19-17-,22-21-,25-24-,28-27-,31-30-,34-33-,37-36-,41-39-. The van der Waals surface area contributed by atoms with Gasteiger partial charge < -0.3 is 89.9 Å². The van der Waals surface area contributed by atoms with Crippen molar-refractivity contribution in [3.63, 3.8) is 0 Å². The van der Waals surface area contributed by atoms with Crippen LogP contribution in [0.15, 0.2) is 122 Å². The Morgan fingerprint density at radius 2 is 0.734 bits per heavy atom. The summed E-state index contributed by atoms with van der Waals surface area (Å²) >= 11 is 0. The lowest BCUT2D eigenvalue weighted by Crippen LogP contribution is -2.66. The summed E-state index contributed by atoms with van der Waals surface area (Å²) in [4.78, 5) is 13.4. The molecule has 17 unspecified atom stereocenters. The van der Waals surface area contributed by atoms with Crippen LogP contribution < -0.4 is 5.32 Å². The number of aliphatic hydroxyl groups is 11. The molecule has 3 rings (SSSR count). The molecular formula is C75H125NO18. The van der Waals surface area contributed by atoms with Crippen molar-refractivity contribution in [1.82, 2.24) is 5.32 Å². The molecule has 19 nitrogen and oxygen atoms in total. The number of hydrogen-bond donors (Lipinski definition) is 12. The number of nitrogens with one attached hydrogen (secondary N) is 1. The van der Waals surface area contributed by atoms with Crippen LogP contribution in [0.3, 0.4) is 0 Å². The molecule has 1 amide bonds. The van der Waals surface area contributed by atoms with Crippen LogP contribution in [0.2, 0.25) is 0 Å². The number of hydrogen-bond acceptors (Lipinski definition) is 18. The van der Waals surface area contributed by atoms with Crippen molar-refractivity contribution in [1.29, 1.82) is 0 Å². The number of aliphatic hydroxyl groups excluding tert-OH is 11. The highest BCUT2D eigenvalue weighted by Crippen LogP contribution is 2.33. The molecule has 0 spiro atoms. The molecule has 19 heteroatoms. The van der Waals surface area contributed by atoms with Crippen LogP contribution in [0.25, 0.3) is 0 Å². The Kier molecular flexibility index (Phi) is 49.5. The average molecular weight is 1330 g/mol. The predicted molar refractivity (Wildman–Crippen MR) is 369 cm³/mol. The molecule has 0 saturated carbocycles. The van der Waals surface area contributed by atoms with Crippen molar-refractivity contribution in [3.8, 4) is 0 Å². The van der Waals surface area contributed by atoms with Gasteiger partial charge in [-0.05, 0) is 89.9 Å². The highest BCUT2D eigenvalue weighted by atomic mass is 16.8. The molecule has 538 valence electrons. The number of allylic oxidation sites excluding steroid dienone is 20. The van der Waals surface area contributed by atoms with E-state index < -0.39 is 124 Å². The first-order valence-corrected chi connectivity index (χ1v) is 35.8. The van der Waals surface area contributed by atoms with Crippen molar-refractivity contribution >= 4 is 5.91 Å². The van der Waals surface area contributed by atoms with Crippen LogP contribution in [0.5, 0.6) is 0 Å². The maximum absolute atomic E-state index is 13.4. The van der Waals surface area contributed by atoms with E-state index >= 15 is 0 Å². The molecule has 3 fully saturated rings. The van der Waals surface area contributed by atoms with E-state index in [4.69, 9.17) is 28.4 Å². The number of rotatable bonds is 53. The topological polar surface area (TPSA) is 307 Å².